The second kappa shape index (κ2) is 7.41. The van der Waals surface area contributed by atoms with Crippen LogP contribution in [0.3, 0.4) is 0 Å². The molecule has 0 aliphatic carbocycles. The van der Waals surface area contributed by atoms with Gasteiger partial charge in [0.05, 0.1) is 11.8 Å². The van der Waals surface area contributed by atoms with Crippen molar-refractivity contribution >= 4 is 5.91 Å². The molecule has 0 unspecified atom stereocenters. The first-order chi connectivity index (χ1) is 12.4. The van der Waals surface area contributed by atoms with E-state index in [1.54, 1.807) is 0 Å². The Morgan fingerprint density at radius 3 is 2.73 bits per heavy atom. The molecule has 0 saturated carbocycles. The van der Waals surface area contributed by atoms with Gasteiger partial charge in [-0.3, -0.25) is 9.59 Å². The van der Waals surface area contributed by atoms with E-state index in [0.717, 1.165) is 25.5 Å². The third-order valence-corrected chi connectivity index (χ3v) is 5.02. The van der Waals surface area contributed by atoms with Gasteiger partial charge in [0.1, 0.15) is 5.69 Å². The molecule has 1 saturated heterocycles. The van der Waals surface area contributed by atoms with Gasteiger partial charge < -0.3 is 15.0 Å². The van der Waals surface area contributed by atoms with Gasteiger partial charge in [-0.25, -0.2) is 4.98 Å². The Morgan fingerprint density at radius 1 is 1.31 bits per heavy atom. The van der Waals surface area contributed by atoms with E-state index in [4.69, 9.17) is 4.74 Å². The van der Waals surface area contributed by atoms with Crippen LogP contribution < -0.4 is 10.9 Å². The van der Waals surface area contributed by atoms with Crippen molar-refractivity contribution in [3.63, 3.8) is 0 Å². The van der Waals surface area contributed by atoms with Crippen molar-refractivity contribution in [3.05, 3.63) is 64.3 Å². The summed E-state index contributed by atoms with van der Waals surface area (Å²) in [6.45, 7) is 5.47. The summed E-state index contributed by atoms with van der Waals surface area (Å²) >= 11 is 0. The van der Waals surface area contributed by atoms with E-state index in [2.05, 4.69) is 53.4 Å². The minimum Gasteiger partial charge on any atom is -0.376 e. The monoisotopic (exact) mass is 355 g/mol. The van der Waals surface area contributed by atoms with Crippen molar-refractivity contribution < 1.29 is 9.53 Å². The van der Waals surface area contributed by atoms with Crippen LogP contribution in [0.5, 0.6) is 0 Å². The first-order valence-corrected chi connectivity index (χ1v) is 8.93. The number of carbonyl (C=O) groups excluding carboxylic acids is 1. The minimum absolute atomic E-state index is 0.0330. The first-order valence-electron chi connectivity index (χ1n) is 8.93. The molecule has 2 N–H and O–H groups in total. The quantitative estimate of drug-likeness (QED) is 0.863. The molecule has 6 heteroatoms. The summed E-state index contributed by atoms with van der Waals surface area (Å²) in [5.41, 5.74) is 0.945. The number of ether oxygens (including phenoxy) is 1. The van der Waals surface area contributed by atoms with Gasteiger partial charge in [0.2, 0.25) is 0 Å². The van der Waals surface area contributed by atoms with Gasteiger partial charge in [-0.2, -0.15) is 0 Å². The summed E-state index contributed by atoms with van der Waals surface area (Å²) in [7, 11) is 0. The van der Waals surface area contributed by atoms with Crippen molar-refractivity contribution in [2.45, 2.75) is 44.1 Å². The molecule has 1 aliphatic rings. The topological polar surface area (TPSA) is 84.1 Å². The molecule has 0 radical (unpaired) electrons. The summed E-state index contributed by atoms with van der Waals surface area (Å²) in [4.78, 5) is 29.6. The molecular weight excluding hydrogens is 330 g/mol. The van der Waals surface area contributed by atoms with E-state index in [1.165, 1.54) is 11.8 Å². The van der Waals surface area contributed by atoms with Crippen LogP contribution in [0.15, 0.2) is 47.5 Å². The smallest absolute Gasteiger partial charge is 0.271 e. The average Bonchev–Trinajstić information content (AvgIpc) is 2.62. The zero-order valence-electron chi connectivity index (χ0n) is 15.2. The molecule has 1 aromatic heterocycles. The molecule has 2 heterocycles. The van der Waals surface area contributed by atoms with E-state index in [1.807, 2.05) is 6.07 Å². The number of amides is 1. The number of benzene rings is 1. The van der Waals surface area contributed by atoms with Gasteiger partial charge >= 0.3 is 0 Å². The number of rotatable bonds is 5. The number of aromatic amines is 1. The van der Waals surface area contributed by atoms with Crippen molar-refractivity contribution in [3.8, 4) is 0 Å². The second-order valence-corrected chi connectivity index (χ2v) is 7.48. The van der Waals surface area contributed by atoms with Crippen molar-refractivity contribution in [2.24, 2.45) is 0 Å². The lowest BCUT2D eigenvalue weighted by Crippen LogP contribution is -2.45. The molecule has 1 aliphatic heterocycles. The molecule has 6 nitrogen and oxygen atoms in total. The SMILES string of the molecule is CC1(C)C[C@](CCNC(=O)c2c[nH]c(=O)cn2)(c2ccccc2)CCO1. The van der Waals surface area contributed by atoms with Crippen LogP contribution in [0, 0.1) is 0 Å². The molecular formula is C20H25N3O3. The van der Waals surface area contributed by atoms with Crippen LogP contribution in [-0.4, -0.2) is 34.6 Å². The normalized spacial score (nSPS) is 21.9. The predicted octanol–water partition coefficient (Wildman–Crippen LogP) is 2.42. The zero-order valence-corrected chi connectivity index (χ0v) is 15.2. The first kappa shape index (κ1) is 18.3. The molecule has 1 aromatic carbocycles. The molecule has 3 rings (SSSR count). The summed E-state index contributed by atoms with van der Waals surface area (Å²) in [5.74, 6) is -0.282. The van der Waals surface area contributed by atoms with Gasteiger partial charge in [-0.1, -0.05) is 30.3 Å². The Kier molecular flexibility index (Phi) is 5.23. The summed E-state index contributed by atoms with van der Waals surface area (Å²) in [5, 5.41) is 2.92. The van der Waals surface area contributed by atoms with Crippen LogP contribution in [0.4, 0.5) is 0 Å². The van der Waals surface area contributed by atoms with Gasteiger partial charge in [0.25, 0.3) is 11.5 Å². The van der Waals surface area contributed by atoms with E-state index >= 15 is 0 Å². The van der Waals surface area contributed by atoms with Crippen LogP contribution in [0.1, 0.15) is 49.2 Å². The number of nitrogens with one attached hydrogen (secondary N) is 2. The Balaban J connectivity index is 1.72. The molecule has 1 atom stereocenters. The van der Waals surface area contributed by atoms with Crippen LogP contribution in [0.2, 0.25) is 0 Å². The molecule has 26 heavy (non-hydrogen) atoms. The maximum absolute atomic E-state index is 12.2. The summed E-state index contributed by atoms with van der Waals surface area (Å²) < 4.78 is 5.92. The highest BCUT2D eigenvalue weighted by Gasteiger charge is 2.41. The molecule has 0 bridgehead atoms. The highest BCUT2D eigenvalue weighted by atomic mass is 16.5. The Hall–Kier alpha value is -2.47. The highest BCUT2D eigenvalue weighted by Crippen LogP contribution is 2.43. The fraction of sp³-hybridized carbons (Fsp3) is 0.450. The van der Waals surface area contributed by atoms with Crippen LogP contribution in [0.25, 0.3) is 0 Å². The lowest BCUT2D eigenvalue weighted by atomic mass is 9.67. The van der Waals surface area contributed by atoms with E-state index in [-0.39, 0.29) is 28.2 Å². The Morgan fingerprint density at radius 2 is 2.08 bits per heavy atom. The molecule has 2 aromatic rings. The van der Waals surface area contributed by atoms with Gasteiger partial charge in [-0.05, 0) is 38.7 Å². The van der Waals surface area contributed by atoms with E-state index in [9.17, 15) is 9.59 Å². The third-order valence-electron chi connectivity index (χ3n) is 5.02. The molecule has 1 amide bonds. The van der Waals surface area contributed by atoms with E-state index in [0.29, 0.717) is 13.2 Å². The lowest BCUT2D eigenvalue weighted by molar-refractivity contribution is -0.0838. The van der Waals surface area contributed by atoms with Gasteiger partial charge in [0, 0.05) is 24.8 Å². The Labute approximate surface area is 153 Å². The highest BCUT2D eigenvalue weighted by molar-refractivity contribution is 5.91. The fourth-order valence-electron chi connectivity index (χ4n) is 3.85. The second-order valence-electron chi connectivity index (χ2n) is 7.48. The average molecular weight is 355 g/mol. The van der Waals surface area contributed by atoms with E-state index < -0.39 is 0 Å². The Bertz CT molecular complexity index is 796. The molecule has 1 fully saturated rings. The number of H-pyrrole nitrogens is 1. The number of aromatic nitrogens is 2. The number of hydrogen-bond donors (Lipinski definition) is 2. The standard InChI is InChI=1S/C20H25N3O3/c1-19(2)14-20(9-11-26-19,15-6-4-3-5-7-15)8-10-21-18(25)16-12-23-17(24)13-22-16/h3-7,12-13H,8-11,14H2,1-2H3,(H,21,25)(H,23,24)/t20-/m1/s1. The minimum atomic E-state index is -0.325. The maximum atomic E-state index is 12.2. The number of hydrogen-bond acceptors (Lipinski definition) is 4. The van der Waals surface area contributed by atoms with Crippen molar-refractivity contribution in [1.82, 2.24) is 15.3 Å². The fourth-order valence-corrected chi connectivity index (χ4v) is 3.85. The third kappa shape index (κ3) is 4.19. The zero-order chi connectivity index (χ0) is 18.6. The largest absolute Gasteiger partial charge is 0.376 e. The number of nitrogens with zero attached hydrogens (tertiary/aromatic N) is 1. The van der Waals surface area contributed by atoms with Gasteiger partial charge in [-0.15, -0.1) is 0 Å². The molecule has 138 valence electrons. The van der Waals surface area contributed by atoms with Crippen LogP contribution >= 0.6 is 0 Å². The molecule has 0 spiro atoms. The maximum Gasteiger partial charge on any atom is 0.271 e. The number of carbonyl (C=O) groups is 1. The summed E-state index contributed by atoms with van der Waals surface area (Å²) in [6.07, 6.45) is 5.09. The van der Waals surface area contributed by atoms with Gasteiger partial charge in [0.15, 0.2) is 0 Å². The summed E-state index contributed by atoms with van der Waals surface area (Å²) in [6, 6.07) is 10.5. The van der Waals surface area contributed by atoms with Crippen molar-refractivity contribution in [2.75, 3.05) is 13.2 Å². The lowest BCUT2D eigenvalue weighted by Gasteiger charge is -2.45. The van der Waals surface area contributed by atoms with Crippen LogP contribution in [-0.2, 0) is 10.2 Å². The predicted molar refractivity (Wildman–Crippen MR) is 99.2 cm³/mol. The van der Waals surface area contributed by atoms with Crippen molar-refractivity contribution in [1.29, 1.82) is 0 Å².